The molecule has 0 aromatic rings. The fourth-order valence-corrected chi connectivity index (χ4v) is 4.05. The number of rotatable bonds is 5. The largest absolute Gasteiger partial charge is 0.355 e. The Kier molecular flexibility index (Phi) is 6.59. The van der Waals surface area contributed by atoms with Gasteiger partial charge in [0.05, 0.1) is 6.26 Å². The molecule has 0 saturated carbocycles. The third kappa shape index (κ3) is 5.42. The number of nitrogens with zero attached hydrogens (tertiary/aromatic N) is 3. The van der Waals surface area contributed by atoms with E-state index in [4.69, 9.17) is 0 Å². The summed E-state index contributed by atoms with van der Waals surface area (Å²) >= 11 is 0. The standard InChI is InChI=1S/C15H28N4O4S/c1-13(20)18-6-3-14(4-7-18)15(21)16-5-8-17-9-11-19(12-10-17)24(2,22)23/h14H,3-12H2,1-2H3,(H,16,21). The Bertz CT molecular complexity index is 550. The van der Waals surface area contributed by atoms with Crippen molar-refractivity contribution in [3.05, 3.63) is 0 Å². The highest BCUT2D eigenvalue weighted by atomic mass is 32.2. The van der Waals surface area contributed by atoms with E-state index >= 15 is 0 Å². The molecular weight excluding hydrogens is 332 g/mol. The van der Waals surface area contributed by atoms with Crippen LogP contribution in [-0.2, 0) is 19.6 Å². The molecule has 138 valence electrons. The smallest absolute Gasteiger partial charge is 0.223 e. The van der Waals surface area contributed by atoms with E-state index in [9.17, 15) is 18.0 Å². The molecule has 2 aliphatic rings. The SMILES string of the molecule is CC(=O)N1CCC(C(=O)NCCN2CCN(S(C)(=O)=O)CC2)CC1. The predicted molar refractivity (Wildman–Crippen MR) is 90.8 cm³/mol. The van der Waals surface area contributed by atoms with Crippen LogP contribution in [0.25, 0.3) is 0 Å². The predicted octanol–water partition coefficient (Wildman–Crippen LogP) is -1.06. The van der Waals surface area contributed by atoms with Crippen LogP contribution in [0, 0.1) is 5.92 Å². The van der Waals surface area contributed by atoms with Crippen molar-refractivity contribution >= 4 is 21.8 Å². The van der Waals surface area contributed by atoms with Gasteiger partial charge in [-0.15, -0.1) is 0 Å². The number of piperazine rings is 1. The number of piperidine rings is 1. The molecule has 0 radical (unpaired) electrons. The maximum absolute atomic E-state index is 12.2. The fourth-order valence-electron chi connectivity index (χ4n) is 3.22. The Morgan fingerprint density at radius 2 is 1.62 bits per heavy atom. The van der Waals surface area contributed by atoms with Crippen LogP contribution in [0.15, 0.2) is 0 Å². The van der Waals surface area contributed by atoms with E-state index in [2.05, 4.69) is 10.2 Å². The molecule has 0 aromatic carbocycles. The zero-order chi connectivity index (χ0) is 17.7. The number of carbonyl (C=O) groups is 2. The van der Waals surface area contributed by atoms with Crippen LogP contribution in [-0.4, -0.2) is 93.0 Å². The summed E-state index contributed by atoms with van der Waals surface area (Å²) in [6.45, 7) is 6.58. The molecule has 9 heteroatoms. The Morgan fingerprint density at radius 3 is 2.12 bits per heavy atom. The number of amides is 2. The zero-order valence-electron chi connectivity index (χ0n) is 14.5. The summed E-state index contributed by atoms with van der Waals surface area (Å²) in [7, 11) is -3.10. The van der Waals surface area contributed by atoms with Crippen molar-refractivity contribution in [1.29, 1.82) is 0 Å². The molecule has 2 amide bonds. The van der Waals surface area contributed by atoms with Crippen LogP contribution in [0.5, 0.6) is 0 Å². The van der Waals surface area contributed by atoms with Gasteiger partial charge in [0.25, 0.3) is 0 Å². The van der Waals surface area contributed by atoms with E-state index in [0.29, 0.717) is 45.8 Å². The third-order valence-corrected chi connectivity index (χ3v) is 6.14. The van der Waals surface area contributed by atoms with Gasteiger partial charge in [-0.25, -0.2) is 8.42 Å². The first-order chi connectivity index (χ1) is 11.3. The number of nitrogens with one attached hydrogen (secondary N) is 1. The highest BCUT2D eigenvalue weighted by Gasteiger charge is 2.26. The summed E-state index contributed by atoms with van der Waals surface area (Å²) in [4.78, 5) is 27.4. The molecule has 1 N–H and O–H groups in total. The topological polar surface area (TPSA) is 90.0 Å². The number of likely N-dealkylation sites (tertiary alicyclic amines) is 1. The molecule has 0 bridgehead atoms. The molecule has 24 heavy (non-hydrogen) atoms. The second kappa shape index (κ2) is 8.26. The van der Waals surface area contributed by atoms with E-state index < -0.39 is 10.0 Å². The molecule has 2 aliphatic heterocycles. The van der Waals surface area contributed by atoms with Crippen molar-refractivity contribution in [3.8, 4) is 0 Å². The van der Waals surface area contributed by atoms with Gasteiger partial charge in [-0.1, -0.05) is 0 Å². The van der Waals surface area contributed by atoms with Crippen LogP contribution in [0.2, 0.25) is 0 Å². The first kappa shape index (κ1) is 19.1. The Hall–Kier alpha value is -1.19. The van der Waals surface area contributed by atoms with Gasteiger partial charge in [0, 0.05) is 65.2 Å². The van der Waals surface area contributed by atoms with Crippen LogP contribution < -0.4 is 5.32 Å². The van der Waals surface area contributed by atoms with Gasteiger partial charge in [-0.2, -0.15) is 4.31 Å². The van der Waals surface area contributed by atoms with Crippen LogP contribution in [0.1, 0.15) is 19.8 Å². The molecule has 0 aliphatic carbocycles. The summed E-state index contributed by atoms with van der Waals surface area (Å²) in [5, 5.41) is 2.97. The van der Waals surface area contributed by atoms with Crippen LogP contribution in [0.4, 0.5) is 0 Å². The van der Waals surface area contributed by atoms with Gasteiger partial charge in [-0.3, -0.25) is 14.5 Å². The highest BCUT2D eigenvalue weighted by Crippen LogP contribution is 2.17. The van der Waals surface area contributed by atoms with Gasteiger partial charge in [0.15, 0.2) is 0 Å². The van der Waals surface area contributed by atoms with Gasteiger partial charge >= 0.3 is 0 Å². The lowest BCUT2D eigenvalue weighted by molar-refractivity contribution is -0.133. The first-order valence-corrected chi connectivity index (χ1v) is 10.3. The van der Waals surface area contributed by atoms with E-state index in [1.807, 2.05) is 0 Å². The molecule has 2 saturated heterocycles. The summed E-state index contributed by atoms with van der Waals surface area (Å²) in [5.74, 6) is 0.123. The summed E-state index contributed by atoms with van der Waals surface area (Å²) in [6.07, 6.45) is 2.68. The van der Waals surface area contributed by atoms with E-state index in [1.54, 1.807) is 11.8 Å². The van der Waals surface area contributed by atoms with E-state index in [0.717, 1.165) is 19.4 Å². The normalized spacial score (nSPS) is 21.7. The molecule has 8 nitrogen and oxygen atoms in total. The highest BCUT2D eigenvalue weighted by molar-refractivity contribution is 7.88. The average molecular weight is 360 g/mol. The molecule has 0 unspecified atom stereocenters. The number of hydrogen-bond acceptors (Lipinski definition) is 5. The molecule has 2 rings (SSSR count). The van der Waals surface area contributed by atoms with Crippen molar-refractivity contribution < 1.29 is 18.0 Å². The second-order valence-electron chi connectivity index (χ2n) is 6.58. The second-order valence-corrected chi connectivity index (χ2v) is 8.56. The maximum atomic E-state index is 12.2. The minimum absolute atomic E-state index is 0.0114. The molecule has 0 atom stereocenters. The first-order valence-electron chi connectivity index (χ1n) is 8.48. The lowest BCUT2D eigenvalue weighted by Crippen LogP contribution is -2.50. The van der Waals surface area contributed by atoms with Crippen molar-refractivity contribution in [2.24, 2.45) is 5.92 Å². The van der Waals surface area contributed by atoms with Crippen molar-refractivity contribution in [1.82, 2.24) is 19.4 Å². The quantitative estimate of drug-likeness (QED) is 0.675. The minimum atomic E-state index is -3.10. The summed E-state index contributed by atoms with van der Waals surface area (Å²) < 4.78 is 24.4. The zero-order valence-corrected chi connectivity index (χ0v) is 15.3. The van der Waals surface area contributed by atoms with Gasteiger partial charge < -0.3 is 10.2 Å². The van der Waals surface area contributed by atoms with Gasteiger partial charge in [0.2, 0.25) is 21.8 Å². The molecule has 0 spiro atoms. The maximum Gasteiger partial charge on any atom is 0.223 e. The van der Waals surface area contributed by atoms with E-state index in [-0.39, 0.29) is 17.7 Å². The lowest BCUT2D eigenvalue weighted by atomic mass is 9.96. The van der Waals surface area contributed by atoms with Crippen molar-refractivity contribution in [3.63, 3.8) is 0 Å². The Labute approximate surface area is 144 Å². The lowest BCUT2D eigenvalue weighted by Gasteiger charge is -2.33. The Morgan fingerprint density at radius 1 is 1.04 bits per heavy atom. The molecular formula is C15H28N4O4S. The van der Waals surface area contributed by atoms with Crippen molar-refractivity contribution in [2.75, 3.05) is 58.6 Å². The fraction of sp³-hybridized carbons (Fsp3) is 0.867. The van der Waals surface area contributed by atoms with Crippen LogP contribution >= 0.6 is 0 Å². The third-order valence-electron chi connectivity index (χ3n) is 4.84. The van der Waals surface area contributed by atoms with Gasteiger partial charge in [-0.05, 0) is 12.8 Å². The summed E-state index contributed by atoms with van der Waals surface area (Å²) in [5.41, 5.74) is 0. The van der Waals surface area contributed by atoms with Crippen molar-refractivity contribution in [2.45, 2.75) is 19.8 Å². The average Bonchev–Trinajstić information content (AvgIpc) is 2.54. The Balaban J connectivity index is 1.63. The molecule has 2 fully saturated rings. The monoisotopic (exact) mass is 360 g/mol. The number of sulfonamides is 1. The van der Waals surface area contributed by atoms with Crippen LogP contribution in [0.3, 0.4) is 0 Å². The molecule has 0 aromatic heterocycles. The summed E-state index contributed by atoms with van der Waals surface area (Å²) in [6, 6.07) is 0. The number of carbonyl (C=O) groups excluding carboxylic acids is 2. The minimum Gasteiger partial charge on any atom is -0.355 e. The molecule has 2 heterocycles. The van der Waals surface area contributed by atoms with E-state index in [1.165, 1.54) is 10.6 Å². The number of hydrogen-bond donors (Lipinski definition) is 1. The van der Waals surface area contributed by atoms with Gasteiger partial charge in [0.1, 0.15) is 0 Å².